The predicted octanol–water partition coefficient (Wildman–Crippen LogP) is 4.15. The topological polar surface area (TPSA) is 52.0 Å². The van der Waals surface area contributed by atoms with Gasteiger partial charge in [0.05, 0.1) is 0 Å². The summed E-state index contributed by atoms with van der Waals surface area (Å²) in [5, 5.41) is 0.657. The first kappa shape index (κ1) is 12.7. The molecule has 0 amide bonds. The van der Waals surface area contributed by atoms with Gasteiger partial charge in [0, 0.05) is 22.3 Å². The molecule has 18 heavy (non-hydrogen) atoms. The maximum Gasteiger partial charge on any atom is 0.227 e. The highest BCUT2D eigenvalue weighted by atomic mass is 35.5. The molecular weight excluding hydrogens is 271 g/mol. The minimum Gasteiger partial charge on any atom is -0.436 e. The van der Waals surface area contributed by atoms with Crippen molar-refractivity contribution in [1.82, 2.24) is 4.98 Å². The lowest BCUT2D eigenvalue weighted by Crippen LogP contribution is -1.81. The van der Waals surface area contributed by atoms with Crippen LogP contribution in [-0.4, -0.2) is 4.98 Å². The van der Waals surface area contributed by atoms with Crippen LogP contribution in [0.1, 0.15) is 0 Å². The average molecular weight is 281 g/mol. The Morgan fingerprint density at radius 3 is 2.72 bits per heavy atom. The second kappa shape index (κ2) is 4.88. The maximum atomic E-state index is 5.93. The summed E-state index contributed by atoms with van der Waals surface area (Å²) in [6.07, 6.45) is 0. The minimum absolute atomic E-state index is 0. The quantitative estimate of drug-likeness (QED) is 0.681. The van der Waals surface area contributed by atoms with Crippen molar-refractivity contribution in [3.05, 3.63) is 47.5 Å². The predicted molar refractivity (Wildman–Crippen MR) is 76.1 cm³/mol. The summed E-state index contributed by atoms with van der Waals surface area (Å²) in [5.74, 6) is 0.549. The van der Waals surface area contributed by atoms with Gasteiger partial charge in [-0.05, 0) is 30.3 Å². The first-order chi connectivity index (χ1) is 8.22. The summed E-state index contributed by atoms with van der Waals surface area (Å²) in [7, 11) is 0. The Morgan fingerprint density at radius 2 is 1.94 bits per heavy atom. The number of hydrogen-bond acceptors (Lipinski definition) is 3. The average Bonchev–Trinajstić information content (AvgIpc) is 2.72. The number of nitrogen functional groups attached to an aromatic ring is 1. The molecule has 0 bridgehead atoms. The van der Waals surface area contributed by atoms with Crippen LogP contribution < -0.4 is 5.73 Å². The molecule has 0 aliphatic heterocycles. The van der Waals surface area contributed by atoms with E-state index >= 15 is 0 Å². The SMILES string of the molecule is Cl.Nc1ccc2nc(-c3cccc(Cl)c3)oc2c1. The third-order valence-corrected chi connectivity index (χ3v) is 2.72. The van der Waals surface area contributed by atoms with Gasteiger partial charge in [-0.3, -0.25) is 0 Å². The lowest BCUT2D eigenvalue weighted by atomic mass is 10.2. The Morgan fingerprint density at radius 1 is 1.11 bits per heavy atom. The first-order valence-corrected chi connectivity index (χ1v) is 5.52. The van der Waals surface area contributed by atoms with E-state index in [9.17, 15) is 0 Å². The fraction of sp³-hybridized carbons (Fsp3) is 0. The van der Waals surface area contributed by atoms with Gasteiger partial charge in [0.15, 0.2) is 5.58 Å². The monoisotopic (exact) mass is 280 g/mol. The molecule has 92 valence electrons. The van der Waals surface area contributed by atoms with E-state index in [0.717, 1.165) is 11.1 Å². The van der Waals surface area contributed by atoms with Crippen molar-refractivity contribution >= 4 is 40.8 Å². The molecule has 0 fully saturated rings. The molecular formula is C13H10Cl2N2O. The number of anilines is 1. The van der Waals surface area contributed by atoms with E-state index in [1.165, 1.54) is 0 Å². The lowest BCUT2D eigenvalue weighted by molar-refractivity contribution is 0.620. The summed E-state index contributed by atoms with van der Waals surface area (Å²) in [4.78, 5) is 4.38. The summed E-state index contributed by atoms with van der Waals surface area (Å²) in [6, 6.07) is 12.8. The third-order valence-electron chi connectivity index (χ3n) is 2.48. The number of aromatic nitrogens is 1. The molecule has 2 N–H and O–H groups in total. The minimum atomic E-state index is 0. The summed E-state index contributed by atoms with van der Waals surface area (Å²) < 4.78 is 5.64. The van der Waals surface area contributed by atoms with Crippen LogP contribution in [-0.2, 0) is 0 Å². The smallest absolute Gasteiger partial charge is 0.227 e. The number of nitrogens with two attached hydrogens (primary N) is 1. The Bertz CT molecular complexity index is 694. The molecule has 1 heterocycles. The number of benzene rings is 2. The van der Waals surface area contributed by atoms with E-state index in [1.807, 2.05) is 30.3 Å². The van der Waals surface area contributed by atoms with E-state index < -0.39 is 0 Å². The second-order valence-corrected chi connectivity index (χ2v) is 4.19. The van der Waals surface area contributed by atoms with Crippen molar-refractivity contribution in [2.75, 3.05) is 5.73 Å². The molecule has 0 atom stereocenters. The second-order valence-electron chi connectivity index (χ2n) is 3.76. The molecule has 0 aliphatic carbocycles. The Hall–Kier alpha value is -1.71. The van der Waals surface area contributed by atoms with Gasteiger partial charge in [-0.15, -0.1) is 12.4 Å². The molecule has 3 nitrogen and oxygen atoms in total. The number of fused-ring (bicyclic) bond motifs is 1. The number of oxazole rings is 1. The Kier molecular flexibility index (Phi) is 3.45. The summed E-state index contributed by atoms with van der Waals surface area (Å²) in [6.45, 7) is 0. The van der Waals surface area contributed by atoms with Gasteiger partial charge in [0.1, 0.15) is 5.52 Å². The molecule has 0 spiro atoms. The molecule has 0 saturated heterocycles. The summed E-state index contributed by atoms with van der Waals surface area (Å²) in [5.41, 5.74) is 8.67. The van der Waals surface area contributed by atoms with Crippen LogP contribution in [0.5, 0.6) is 0 Å². The van der Waals surface area contributed by atoms with Gasteiger partial charge in [0.2, 0.25) is 5.89 Å². The van der Waals surface area contributed by atoms with Crippen LogP contribution in [0.25, 0.3) is 22.6 Å². The zero-order valence-electron chi connectivity index (χ0n) is 9.26. The van der Waals surface area contributed by atoms with Crippen molar-refractivity contribution in [3.8, 4) is 11.5 Å². The van der Waals surface area contributed by atoms with Crippen molar-refractivity contribution in [2.45, 2.75) is 0 Å². The van der Waals surface area contributed by atoms with E-state index in [2.05, 4.69) is 4.98 Å². The number of halogens is 2. The highest BCUT2D eigenvalue weighted by Crippen LogP contribution is 2.26. The molecule has 0 saturated carbocycles. The van der Waals surface area contributed by atoms with Gasteiger partial charge in [-0.25, -0.2) is 4.98 Å². The Labute approximate surface area is 115 Å². The molecule has 0 aliphatic rings. The molecule has 5 heteroatoms. The molecule has 1 aromatic heterocycles. The fourth-order valence-electron chi connectivity index (χ4n) is 1.69. The van der Waals surface area contributed by atoms with Crippen molar-refractivity contribution in [3.63, 3.8) is 0 Å². The summed E-state index contributed by atoms with van der Waals surface area (Å²) >= 11 is 5.93. The molecule has 3 rings (SSSR count). The largest absolute Gasteiger partial charge is 0.436 e. The normalized spacial score (nSPS) is 10.3. The van der Waals surface area contributed by atoms with Crippen LogP contribution in [0.3, 0.4) is 0 Å². The van der Waals surface area contributed by atoms with Crippen molar-refractivity contribution in [2.24, 2.45) is 0 Å². The standard InChI is InChI=1S/C13H9ClN2O.ClH/c14-9-3-1-2-8(6-9)13-16-11-5-4-10(15)7-12(11)17-13;/h1-7H,15H2;1H. The van der Waals surface area contributed by atoms with Gasteiger partial charge in [-0.2, -0.15) is 0 Å². The van der Waals surface area contributed by atoms with Crippen molar-refractivity contribution < 1.29 is 4.42 Å². The fourth-order valence-corrected chi connectivity index (χ4v) is 1.88. The highest BCUT2D eigenvalue weighted by molar-refractivity contribution is 6.30. The van der Waals surface area contributed by atoms with Gasteiger partial charge < -0.3 is 10.2 Å². The molecule has 2 aromatic carbocycles. The highest BCUT2D eigenvalue weighted by Gasteiger charge is 2.08. The zero-order valence-corrected chi connectivity index (χ0v) is 10.8. The molecule has 3 aromatic rings. The number of rotatable bonds is 1. The van der Waals surface area contributed by atoms with Crippen LogP contribution in [0.2, 0.25) is 5.02 Å². The number of nitrogens with zero attached hydrogens (tertiary/aromatic N) is 1. The Balaban J connectivity index is 0.00000120. The van der Waals surface area contributed by atoms with E-state index in [1.54, 1.807) is 12.1 Å². The van der Waals surface area contributed by atoms with E-state index in [-0.39, 0.29) is 12.4 Å². The van der Waals surface area contributed by atoms with Gasteiger partial charge >= 0.3 is 0 Å². The molecule has 0 unspecified atom stereocenters. The van der Waals surface area contributed by atoms with Crippen LogP contribution >= 0.6 is 24.0 Å². The van der Waals surface area contributed by atoms with Crippen LogP contribution in [0, 0.1) is 0 Å². The number of hydrogen-bond donors (Lipinski definition) is 1. The van der Waals surface area contributed by atoms with E-state index in [0.29, 0.717) is 22.2 Å². The third kappa shape index (κ3) is 2.28. The van der Waals surface area contributed by atoms with Crippen LogP contribution in [0.15, 0.2) is 46.9 Å². The van der Waals surface area contributed by atoms with Crippen LogP contribution in [0.4, 0.5) is 5.69 Å². The zero-order chi connectivity index (χ0) is 11.8. The first-order valence-electron chi connectivity index (χ1n) is 5.14. The van der Waals surface area contributed by atoms with Crippen molar-refractivity contribution in [1.29, 1.82) is 0 Å². The maximum absolute atomic E-state index is 5.93. The van der Waals surface area contributed by atoms with E-state index in [4.69, 9.17) is 21.8 Å². The lowest BCUT2D eigenvalue weighted by Gasteiger charge is -1.94. The molecule has 0 radical (unpaired) electrons. The van der Waals surface area contributed by atoms with Gasteiger partial charge in [0.25, 0.3) is 0 Å². The van der Waals surface area contributed by atoms with Gasteiger partial charge in [-0.1, -0.05) is 17.7 Å².